The summed E-state index contributed by atoms with van der Waals surface area (Å²) < 4.78 is 0. The standard InChI is InChI=1S/C15H21N3/c16-13-14-6-5-7-15(12-14)17-8-11-18-9-3-1-2-4-10-18/h5-7,12,17H,1-4,8-11H2. The summed E-state index contributed by atoms with van der Waals surface area (Å²) in [7, 11) is 0. The van der Waals surface area contributed by atoms with Gasteiger partial charge in [-0.3, -0.25) is 0 Å². The lowest BCUT2D eigenvalue weighted by atomic mass is 10.2. The summed E-state index contributed by atoms with van der Waals surface area (Å²) in [4.78, 5) is 2.54. The number of benzene rings is 1. The maximum atomic E-state index is 8.84. The van der Waals surface area contributed by atoms with Crippen molar-refractivity contribution in [3.63, 3.8) is 0 Å². The Morgan fingerprint density at radius 1 is 1.17 bits per heavy atom. The van der Waals surface area contributed by atoms with Crippen LogP contribution in [0.4, 0.5) is 5.69 Å². The molecule has 1 N–H and O–H groups in total. The van der Waals surface area contributed by atoms with Crippen molar-refractivity contribution >= 4 is 5.69 Å². The van der Waals surface area contributed by atoms with Crippen molar-refractivity contribution in [2.45, 2.75) is 25.7 Å². The number of nitriles is 1. The molecule has 0 aromatic heterocycles. The molecule has 0 unspecified atom stereocenters. The SMILES string of the molecule is N#Cc1cccc(NCCN2CCCCCC2)c1. The summed E-state index contributed by atoms with van der Waals surface area (Å²) in [5, 5.41) is 12.2. The van der Waals surface area contributed by atoms with Gasteiger partial charge in [0, 0.05) is 18.8 Å². The van der Waals surface area contributed by atoms with E-state index < -0.39 is 0 Å². The zero-order valence-corrected chi connectivity index (χ0v) is 10.9. The van der Waals surface area contributed by atoms with Gasteiger partial charge in [-0.25, -0.2) is 0 Å². The van der Waals surface area contributed by atoms with E-state index in [-0.39, 0.29) is 0 Å². The van der Waals surface area contributed by atoms with E-state index in [4.69, 9.17) is 5.26 Å². The van der Waals surface area contributed by atoms with E-state index in [0.29, 0.717) is 0 Å². The normalized spacial score (nSPS) is 16.8. The third-order valence-electron chi connectivity index (χ3n) is 3.45. The molecule has 0 bridgehead atoms. The van der Waals surface area contributed by atoms with E-state index in [9.17, 15) is 0 Å². The molecular weight excluding hydrogens is 222 g/mol. The predicted molar refractivity (Wildman–Crippen MR) is 74.6 cm³/mol. The van der Waals surface area contributed by atoms with Crippen LogP contribution in [-0.4, -0.2) is 31.1 Å². The first-order chi connectivity index (χ1) is 8.88. The Kier molecular flexibility index (Phi) is 5.04. The van der Waals surface area contributed by atoms with Gasteiger partial charge in [0.25, 0.3) is 0 Å². The molecule has 0 aliphatic carbocycles. The molecule has 1 aromatic rings. The summed E-state index contributed by atoms with van der Waals surface area (Å²) in [6, 6.07) is 9.84. The molecule has 3 nitrogen and oxygen atoms in total. The summed E-state index contributed by atoms with van der Waals surface area (Å²) >= 11 is 0. The second kappa shape index (κ2) is 7.03. The molecule has 2 rings (SSSR count). The van der Waals surface area contributed by atoms with Crippen molar-refractivity contribution in [3.05, 3.63) is 29.8 Å². The van der Waals surface area contributed by atoms with Crippen molar-refractivity contribution < 1.29 is 0 Å². The van der Waals surface area contributed by atoms with Crippen molar-refractivity contribution in [1.29, 1.82) is 5.26 Å². The number of hydrogen-bond acceptors (Lipinski definition) is 3. The predicted octanol–water partition coefficient (Wildman–Crippen LogP) is 2.85. The fraction of sp³-hybridized carbons (Fsp3) is 0.533. The first-order valence-electron chi connectivity index (χ1n) is 6.85. The van der Waals surface area contributed by atoms with Crippen LogP contribution in [0.1, 0.15) is 31.2 Å². The summed E-state index contributed by atoms with van der Waals surface area (Å²) in [6.45, 7) is 4.52. The molecular formula is C15H21N3. The van der Waals surface area contributed by atoms with E-state index in [2.05, 4.69) is 16.3 Å². The van der Waals surface area contributed by atoms with Crippen LogP contribution in [0.25, 0.3) is 0 Å². The zero-order valence-electron chi connectivity index (χ0n) is 10.9. The maximum absolute atomic E-state index is 8.84. The van der Waals surface area contributed by atoms with Gasteiger partial charge < -0.3 is 10.2 Å². The molecule has 1 saturated heterocycles. The molecule has 1 aliphatic heterocycles. The third kappa shape index (κ3) is 4.05. The summed E-state index contributed by atoms with van der Waals surface area (Å²) in [6.07, 6.45) is 5.44. The minimum absolute atomic E-state index is 0.717. The molecule has 0 radical (unpaired) electrons. The Morgan fingerprint density at radius 2 is 1.94 bits per heavy atom. The lowest BCUT2D eigenvalue weighted by Crippen LogP contribution is -2.29. The molecule has 0 saturated carbocycles. The molecule has 1 aliphatic rings. The van der Waals surface area contributed by atoms with Gasteiger partial charge in [0.05, 0.1) is 11.6 Å². The molecule has 0 atom stereocenters. The monoisotopic (exact) mass is 243 g/mol. The maximum Gasteiger partial charge on any atom is 0.0992 e. The minimum Gasteiger partial charge on any atom is -0.384 e. The molecule has 3 heteroatoms. The van der Waals surface area contributed by atoms with Gasteiger partial charge in [0.2, 0.25) is 0 Å². The average Bonchev–Trinajstić information content (AvgIpc) is 2.68. The van der Waals surface area contributed by atoms with Crippen LogP contribution in [0.3, 0.4) is 0 Å². The topological polar surface area (TPSA) is 39.1 Å². The van der Waals surface area contributed by atoms with E-state index in [1.165, 1.54) is 38.8 Å². The second-order valence-corrected chi connectivity index (χ2v) is 4.88. The highest BCUT2D eigenvalue weighted by molar-refractivity contribution is 5.49. The minimum atomic E-state index is 0.717. The molecule has 0 amide bonds. The van der Waals surface area contributed by atoms with Gasteiger partial charge in [-0.15, -0.1) is 0 Å². The van der Waals surface area contributed by atoms with E-state index in [0.717, 1.165) is 24.3 Å². The summed E-state index contributed by atoms with van der Waals surface area (Å²) in [5.41, 5.74) is 1.76. The lowest BCUT2D eigenvalue weighted by Gasteiger charge is -2.20. The average molecular weight is 243 g/mol. The van der Waals surface area contributed by atoms with Crippen molar-refractivity contribution in [1.82, 2.24) is 4.90 Å². The number of hydrogen-bond donors (Lipinski definition) is 1. The highest BCUT2D eigenvalue weighted by atomic mass is 15.1. The Morgan fingerprint density at radius 3 is 2.67 bits per heavy atom. The Hall–Kier alpha value is -1.53. The van der Waals surface area contributed by atoms with Crippen molar-refractivity contribution in [3.8, 4) is 6.07 Å². The van der Waals surface area contributed by atoms with Gasteiger partial charge in [-0.2, -0.15) is 5.26 Å². The van der Waals surface area contributed by atoms with Crippen molar-refractivity contribution in [2.75, 3.05) is 31.5 Å². The van der Waals surface area contributed by atoms with Gasteiger partial charge in [-0.1, -0.05) is 18.9 Å². The number of nitrogens with one attached hydrogen (secondary N) is 1. The summed E-state index contributed by atoms with van der Waals surface area (Å²) in [5.74, 6) is 0. The fourth-order valence-corrected chi connectivity index (χ4v) is 2.42. The highest BCUT2D eigenvalue weighted by Crippen LogP contribution is 2.11. The van der Waals surface area contributed by atoms with Crippen LogP contribution < -0.4 is 5.32 Å². The zero-order chi connectivity index (χ0) is 12.6. The first kappa shape index (κ1) is 12.9. The molecule has 18 heavy (non-hydrogen) atoms. The van der Waals surface area contributed by atoms with Gasteiger partial charge in [0.15, 0.2) is 0 Å². The van der Waals surface area contributed by atoms with Crippen molar-refractivity contribution in [2.24, 2.45) is 0 Å². The van der Waals surface area contributed by atoms with Crippen LogP contribution in [0.15, 0.2) is 24.3 Å². The van der Waals surface area contributed by atoms with Crippen LogP contribution in [-0.2, 0) is 0 Å². The van der Waals surface area contributed by atoms with Crippen LogP contribution in [0, 0.1) is 11.3 Å². The number of likely N-dealkylation sites (tertiary alicyclic amines) is 1. The second-order valence-electron chi connectivity index (χ2n) is 4.88. The van der Waals surface area contributed by atoms with E-state index in [1.807, 2.05) is 24.3 Å². The van der Waals surface area contributed by atoms with E-state index >= 15 is 0 Å². The van der Waals surface area contributed by atoms with Gasteiger partial charge >= 0.3 is 0 Å². The van der Waals surface area contributed by atoms with Crippen LogP contribution in [0.2, 0.25) is 0 Å². The lowest BCUT2D eigenvalue weighted by molar-refractivity contribution is 0.296. The number of rotatable bonds is 4. The Bertz CT molecular complexity index is 400. The third-order valence-corrected chi connectivity index (χ3v) is 3.45. The van der Waals surface area contributed by atoms with Crippen LogP contribution in [0.5, 0.6) is 0 Å². The van der Waals surface area contributed by atoms with Gasteiger partial charge in [0.1, 0.15) is 0 Å². The molecule has 1 aromatic carbocycles. The largest absolute Gasteiger partial charge is 0.384 e. The molecule has 1 heterocycles. The fourth-order valence-electron chi connectivity index (χ4n) is 2.42. The first-order valence-corrected chi connectivity index (χ1v) is 6.85. The van der Waals surface area contributed by atoms with E-state index in [1.54, 1.807) is 0 Å². The Labute approximate surface area is 109 Å². The molecule has 96 valence electrons. The molecule has 0 spiro atoms. The number of anilines is 1. The van der Waals surface area contributed by atoms with Crippen LogP contribution >= 0.6 is 0 Å². The van der Waals surface area contributed by atoms with Gasteiger partial charge in [-0.05, 0) is 44.1 Å². The molecule has 1 fully saturated rings. The quantitative estimate of drug-likeness (QED) is 0.883. The Balaban J connectivity index is 1.75. The number of nitrogens with zero attached hydrogens (tertiary/aromatic N) is 2. The highest BCUT2D eigenvalue weighted by Gasteiger charge is 2.07. The smallest absolute Gasteiger partial charge is 0.0992 e.